The quantitative estimate of drug-likeness (QED) is 0.762. The van der Waals surface area contributed by atoms with Crippen molar-refractivity contribution in [3.05, 3.63) is 24.1 Å². The van der Waals surface area contributed by atoms with Crippen LogP contribution in [0.5, 0.6) is 0 Å². The predicted octanol–water partition coefficient (Wildman–Crippen LogP) is 2.92. The van der Waals surface area contributed by atoms with Crippen molar-refractivity contribution in [1.29, 1.82) is 0 Å². The molecule has 0 bridgehead atoms. The average molecular weight is 202 g/mol. The smallest absolute Gasteiger partial charge is 0.198 e. The van der Waals surface area contributed by atoms with Crippen LogP contribution in [0.1, 0.15) is 31.6 Å². The zero-order valence-corrected chi connectivity index (χ0v) is 8.73. The van der Waals surface area contributed by atoms with Gasteiger partial charge in [-0.1, -0.05) is 6.92 Å². The molecule has 3 rings (SSSR count). The molecule has 1 aliphatic rings. The summed E-state index contributed by atoms with van der Waals surface area (Å²) in [5.74, 6) is 2.08. The second kappa shape index (κ2) is 2.99. The van der Waals surface area contributed by atoms with Crippen molar-refractivity contribution in [3.63, 3.8) is 0 Å². The Kier molecular flexibility index (Phi) is 1.75. The summed E-state index contributed by atoms with van der Waals surface area (Å²) in [4.78, 5) is 4.49. The van der Waals surface area contributed by atoms with Gasteiger partial charge < -0.3 is 10.2 Å². The molecule has 1 aliphatic carbocycles. The third-order valence-corrected chi connectivity index (χ3v) is 3.15. The molecule has 1 aromatic heterocycles. The van der Waals surface area contributed by atoms with E-state index in [4.69, 9.17) is 10.2 Å². The van der Waals surface area contributed by atoms with Gasteiger partial charge in [0.1, 0.15) is 5.52 Å². The van der Waals surface area contributed by atoms with E-state index in [0.717, 1.165) is 28.6 Å². The maximum Gasteiger partial charge on any atom is 0.198 e. The second-order valence-corrected chi connectivity index (χ2v) is 4.41. The highest BCUT2D eigenvalue weighted by Gasteiger charge is 2.32. The van der Waals surface area contributed by atoms with Crippen LogP contribution in [-0.4, -0.2) is 4.98 Å². The lowest BCUT2D eigenvalue weighted by Gasteiger charge is -2.02. The molecule has 1 atom stereocenters. The number of oxazole rings is 1. The average Bonchev–Trinajstić information content (AvgIpc) is 2.97. The highest BCUT2D eigenvalue weighted by Crippen LogP contribution is 2.42. The Morgan fingerprint density at radius 2 is 2.27 bits per heavy atom. The Labute approximate surface area is 88.3 Å². The van der Waals surface area contributed by atoms with Gasteiger partial charge in [-0.2, -0.15) is 0 Å². The number of fused-ring (bicyclic) bond motifs is 1. The molecule has 1 fully saturated rings. The number of benzene rings is 1. The summed E-state index contributed by atoms with van der Waals surface area (Å²) in [5, 5.41) is 0. The second-order valence-electron chi connectivity index (χ2n) is 4.41. The van der Waals surface area contributed by atoms with Gasteiger partial charge in [-0.15, -0.1) is 0 Å². The minimum Gasteiger partial charge on any atom is -0.440 e. The van der Waals surface area contributed by atoms with Gasteiger partial charge in [-0.25, -0.2) is 4.98 Å². The van der Waals surface area contributed by atoms with Crippen molar-refractivity contribution in [2.45, 2.75) is 25.7 Å². The molecule has 1 heterocycles. The van der Waals surface area contributed by atoms with Crippen LogP contribution in [0.15, 0.2) is 22.6 Å². The predicted molar refractivity (Wildman–Crippen MR) is 59.6 cm³/mol. The molecule has 2 aromatic rings. The minimum atomic E-state index is 0.443. The van der Waals surface area contributed by atoms with E-state index in [0.29, 0.717) is 5.92 Å². The largest absolute Gasteiger partial charge is 0.440 e. The molecule has 1 saturated carbocycles. The molecule has 0 amide bonds. The number of anilines is 1. The van der Waals surface area contributed by atoms with Crippen LogP contribution in [0.2, 0.25) is 0 Å². The maximum atomic E-state index is 5.72. The van der Waals surface area contributed by atoms with Gasteiger partial charge in [0, 0.05) is 17.7 Å². The lowest BCUT2D eigenvalue weighted by atomic mass is 10.1. The van der Waals surface area contributed by atoms with Crippen LogP contribution in [0.25, 0.3) is 11.1 Å². The molecule has 3 heteroatoms. The number of nitrogens with two attached hydrogens (primary N) is 1. The molecule has 0 radical (unpaired) electrons. The molecule has 1 unspecified atom stereocenters. The Bertz CT molecular complexity index is 499. The molecule has 1 aromatic carbocycles. The highest BCUT2D eigenvalue weighted by atomic mass is 16.3. The molecular weight excluding hydrogens is 188 g/mol. The first kappa shape index (κ1) is 8.77. The summed E-state index contributed by atoms with van der Waals surface area (Å²) >= 11 is 0. The van der Waals surface area contributed by atoms with Gasteiger partial charge in [0.25, 0.3) is 0 Å². The van der Waals surface area contributed by atoms with E-state index in [-0.39, 0.29) is 0 Å². The van der Waals surface area contributed by atoms with E-state index in [1.807, 2.05) is 18.2 Å². The Balaban J connectivity index is 2.05. The van der Waals surface area contributed by atoms with E-state index in [9.17, 15) is 0 Å². The van der Waals surface area contributed by atoms with Gasteiger partial charge in [0.05, 0.1) is 0 Å². The van der Waals surface area contributed by atoms with Crippen molar-refractivity contribution >= 4 is 16.8 Å². The van der Waals surface area contributed by atoms with Gasteiger partial charge in [0.2, 0.25) is 0 Å². The number of hydrogen-bond donors (Lipinski definition) is 1. The lowest BCUT2D eigenvalue weighted by molar-refractivity contribution is 0.460. The van der Waals surface area contributed by atoms with E-state index >= 15 is 0 Å². The first-order valence-electron chi connectivity index (χ1n) is 5.40. The SMILES string of the molecule is CC(c1nc2ccc(N)cc2o1)C1CC1. The highest BCUT2D eigenvalue weighted by molar-refractivity contribution is 5.76. The van der Waals surface area contributed by atoms with Crippen molar-refractivity contribution in [3.8, 4) is 0 Å². The van der Waals surface area contributed by atoms with Crippen molar-refractivity contribution in [1.82, 2.24) is 4.98 Å². The molecule has 78 valence electrons. The molecule has 2 N–H and O–H groups in total. The maximum absolute atomic E-state index is 5.72. The molecule has 0 saturated heterocycles. The van der Waals surface area contributed by atoms with E-state index in [2.05, 4.69) is 11.9 Å². The summed E-state index contributed by atoms with van der Waals surface area (Å²) in [5.41, 5.74) is 8.13. The molecule has 15 heavy (non-hydrogen) atoms. The Morgan fingerprint density at radius 1 is 1.47 bits per heavy atom. The first-order chi connectivity index (χ1) is 7.24. The number of hydrogen-bond acceptors (Lipinski definition) is 3. The van der Waals surface area contributed by atoms with E-state index < -0.39 is 0 Å². The molecule has 0 aliphatic heterocycles. The monoisotopic (exact) mass is 202 g/mol. The fourth-order valence-electron chi connectivity index (χ4n) is 1.95. The molecule has 0 spiro atoms. The van der Waals surface area contributed by atoms with Crippen LogP contribution in [0.4, 0.5) is 5.69 Å². The van der Waals surface area contributed by atoms with Crippen molar-refractivity contribution in [2.75, 3.05) is 5.73 Å². The number of rotatable bonds is 2. The van der Waals surface area contributed by atoms with Crippen molar-refractivity contribution in [2.24, 2.45) is 5.92 Å². The van der Waals surface area contributed by atoms with Crippen LogP contribution < -0.4 is 5.73 Å². The summed E-state index contributed by atoms with van der Waals surface area (Å²) in [7, 11) is 0. The van der Waals surface area contributed by atoms with Gasteiger partial charge >= 0.3 is 0 Å². The fourth-order valence-corrected chi connectivity index (χ4v) is 1.95. The number of nitrogens with zero attached hydrogens (tertiary/aromatic N) is 1. The Morgan fingerprint density at radius 3 is 3.00 bits per heavy atom. The third-order valence-electron chi connectivity index (χ3n) is 3.15. The van der Waals surface area contributed by atoms with E-state index in [1.54, 1.807) is 0 Å². The molecule has 3 nitrogen and oxygen atoms in total. The Hall–Kier alpha value is -1.51. The minimum absolute atomic E-state index is 0.443. The van der Waals surface area contributed by atoms with Gasteiger partial charge in [-0.3, -0.25) is 0 Å². The topological polar surface area (TPSA) is 52.0 Å². The normalized spacial score (nSPS) is 18.2. The lowest BCUT2D eigenvalue weighted by Crippen LogP contribution is -1.94. The summed E-state index contributed by atoms with van der Waals surface area (Å²) < 4.78 is 5.72. The first-order valence-corrected chi connectivity index (χ1v) is 5.40. The van der Waals surface area contributed by atoms with Gasteiger partial charge in [0.15, 0.2) is 11.5 Å². The standard InChI is InChI=1S/C12H14N2O/c1-7(8-2-3-8)12-14-10-5-4-9(13)6-11(10)15-12/h4-8H,2-3,13H2,1H3. The van der Waals surface area contributed by atoms with Gasteiger partial charge in [-0.05, 0) is 30.9 Å². The third kappa shape index (κ3) is 1.48. The van der Waals surface area contributed by atoms with Crippen LogP contribution in [0.3, 0.4) is 0 Å². The summed E-state index contributed by atoms with van der Waals surface area (Å²) in [6.45, 7) is 2.19. The van der Waals surface area contributed by atoms with Crippen molar-refractivity contribution < 1.29 is 4.42 Å². The molecular formula is C12H14N2O. The summed E-state index contributed by atoms with van der Waals surface area (Å²) in [6, 6.07) is 5.61. The van der Waals surface area contributed by atoms with E-state index in [1.165, 1.54) is 12.8 Å². The number of nitrogen functional groups attached to an aromatic ring is 1. The van der Waals surface area contributed by atoms with Crippen LogP contribution in [0, 0.1) is 5.92 Å². The van der Waals surface area contributed by atoms with Crippen LogP contribution in [-0.2, 0) is 0 Å². The zero-order valence-electron chi connectivity index (χ0n) is 8.73. The summed E-state index contributed by atoms with van der Waals surface area (Å²) in [6.07, 6.45) is 2.62. The number of aromatic nitrogens is 1. The van der Waals surface area contributed by atoms with Crippen LogP contribution >= 0.6 is 0 Å². The fraction of sp³-hybridized carbons (Fsp3) is 0.417. The zero-order chi connectivity index (χ0) is 10.4.